The van der Waals surface area contributed by atoms with E-state index in [-0.39, 0.29) is 23.4 Å². The van der Waals surface area contributed by atoms with Gasteiger partial charge in [0.05, 0.1) is 16.8 Å². The first-order chi connectivity index (χ1) is 17.3. The van der Waals surface area contributed by atoms with E-state index in [4.69, 9.17) is 0 Å². The molecule has 1 aliphatic rings. The van der Waals surface area contributed by atoms with Gasteiger partial charge in [0.2, 0.25) is 0 Å². The quantitative estimate of drug-likeness (QED) is 0.221. The van der Waals surface area contributed by atoms with Crippen molar-refractivity contribution in [3.8, 4) is 0 Å². The second kappa shape index (κ2) is 8.96. The van der Waals surface area contributed by atoms with Gasteiger partial charge in [0.15, 0.2) is 0 Å². The lowest BCUT2D eigenvalue weighted by Gasteiger charge is -2.25. The van der Waals surface area contributed by atoms with Crippen molar-refractivity contribution in [2.75, 3.05) is 0 Å². The van der Waals surface area contributed by atoms with Gasteiger partial charge in [-0.1, -0.05) is 60.7 Å². The van der Waals surface area contributed by atoms with Crippen LogP contribution in [0.1, 0.15) is 28.4 Å². The highest BCUT2D eigenvalue weighted by Crippen LogP contribution is 2.41. The Morgan fingerprint density at radius 1 is 0.917 bits per heavy atom. The molecule has 0 bridgehead atoms. The Morgan fingerprint density at radius 2 is 1.64 bits per heavy atom. The number of carbonyl (C=O) groups excluding carboxylic acids is 2. The summed E-state index contributed by atoms with van der Waals surface area (Å²) in [5.41, 5.74) is -0.155. The number of benzene rings is 3. The number of hydrogen-bond acceptors (Lipinski definition) is 4. The molecule has 1 amide bonds. The molecule has 1 unspecified atom stereocenters. The van der Waals surface area contributed by atoms with Crippen molar-refractivity contribution in [1.82, 2.24) is 9.88 Å². The first-order valence-electron chi connectivity index (χ1n) is 11.1. The van der Waals surface area contributed by atoms with Crippen molar-refractivity contribution in [3.63, 3.8) is 0 Å². The van der Waals surface area contributed by atoms with Crippen LogP contribution in [0.4, 0.5) is 13.2 Å². The van der Waals surface area contributed by atoms with Crippen molar-refractivity contribution < 1.29 is 27.9 Å². The highest BCUT2D eigenvalue weighted by molar-refractivity contribution is 6.46. The SMILES string of the molecule is O=C1C(=O)N(Cc2cccc(C(F)(F)F)c2)C(c2ccccn2)/C1=C(/O)c1cccc2ccccc12. The number of aliphatic hydroxyl groups is 1. The predicted octanol–water partition coefficient (Wildman–Crippen LogP) is 5.88. The number of pyridine rings is 1. The molecule has 2 heterocycles. The molecule has 180 valence electrons. The zero-order valence-corrected chi connectivity index (χ0v) is 18.7. The molecule has 0 aliphatic carbocycles. The second-order valence-corrected chi connectivity index (χ2v) is 8.41. The summed E-state index contributed by atoms with van der Waals surface area (Å²) in [6.07, 6.45) is -3.07. The summed E-state index contributed by atoms with van der Waals surface area (Å²) in [4.78, 5) is 31.9. The van der Waals surface area contributed by atoms with Crippen molar-refractivity contribution in [3.05, 3.63) is 119 Å². The van der Waals surface area contributed by atoms with E-state index in [2.05, 4.69) is 4.98 Å². The van der Waals surface area contributed by atoms with Crippen LogP contribution in [0.2, 0.25) is 0 Å². The minimum absolute atomic E-state index is 0.165. The van der Waals surface area contributed by atoms with E-state index in [1.54, 1.807) is 42.5 Å². The van der Waals surface area contributed by atoms with Gasteiger partial charge in [0.25, 0.3) is 11.7 Å². The van der Waals surface area contributed by atoms with Crippen LogP contribution in [0.3, 0.4) is 0 Å². The van der Waals surface area contributed by atoms with E-state index < -0.39 is 29.5 Å². The number of alkyl halides is 3. The third kappa shape index (κ3) is 4.11. The number of halogens is 3. The van der Waals surface area contributed by atoms with E-state index in [1.165, 1.54) is 18.3 Å². The number of amides is 1. The van der Waals surface area contributed by atoms with Crippen LogP contribution >= 0.6 is 0 Å². The summed E-state index contributed by atoms with van der Waals surface area (Å²) in [6.45, 7) is -0.276. The lowest BCUT2D eigenvalue weighted by atomic mass is 9.95. The standard InChI is InChI=1S/C28H19F3N2O3/c29-28(30,31)19-10-5-7-17(15-19)16-33-24(22-13-3-4-14-32-22)23(26(35)27(33)36)25(34)21-12-6-9-18-8-1-2-11-20(18)21/h1-15,24,34H,16H2/b25-23-. The van der Waals surface area contributed by atoms with Crippen molar-refractivity contribution >= 4 is 28.2 Å². The molecule has 1 saturated heterocycles. The molecule has 4 aromatic rings. The zero-order chi connectivity index (χ0) is 25.4. The van der Waals surface area contributed by atoms with E-state index in [0.29, 0.717) is 16.6 Å². The summed E-state index contributed by atoms with van der Waals surface area (Å²) in [6, 6.07) is 20.9. The van der Waals surface area contributed by atoms with Gasteiger partial charge < -0.3 is 10.0 Å². The zero-order valence-electron chi connectivity index (χ0n) is 18.7. The highest BCUT2D eigenvalue weighted by atomic mass is 19.4. The van der Waals surface area contributed by atoms with Gasteiger partial charge >= 0.3 is 6.18 Å². The molecule has 1 fully saturated rings. The summed E-state index contributed by atoms with van der Waals surface area (Å²) in [5.74, 6) is -2.22. The van der Waals surface area contributed by atoms with Crippen LogP contribution in [0, 0.1) is 0 Å². The Kier molecular flexibility index (Phi) is 5.80. The number of nitrogens with zero attached hydrogens (tertiary/aromatic N) is 2. The number of Topliss-reactive ketones (excluding diaryl/α,β-unsaturated/α-hetero) is 1. The number of aliphatic hydroxyl groups excluding tert-OH is 1. The Balaban J connectivity index is 1.66. The summed E-state index contributed by atoms with van der Waals surface area (Å²) >= 11 is 0. The number of aromatic nitrogens is 1. The molecule has 0 spiro atoms. The molecule has 8 heteroatoms. The summed E-state index contributed by atoms with van der Waals surface area (Å²) < 4.78 is 39.8. The minimum Gasteiger partial charge on any atom is -0.507 e. The van der Waals surface area contributed by atoms with Gasteiger partial charge in [-0.3, -0.25) is 14.6 Å². The van der Waals surface area contributed by atoms with E-state index in [0.717, 1.165) is 22.4 Å². The third-order valence-corrected chi connectivity index (χ3v) is 6.16. The molecule has 36 heavy (non-hydrogen) atoms. The first-order valence-corrected chi connectivity index (χ1v) is 11.1. The van der Waals surface area contributed by atoms with Gasteiger partial charge in [0.1, 0.15) is 11.8 Å². The molecule has 1 aromatic heterocycles. The molecular weight excluding hydrogens is 469 g/mol. The number of likely N-dealkylation sites (tertiary alicyclic amines) is 1. The molecule has 5 rings (SSSR count). The average Bonchev–Trinajstić information content (AvgIpc) is 3.13. The fourth-order valence-electron chi connectivity index (χ4n) is 4.51. The van der Waals surface area contributed by atoms with Gasteiger partial charge in [-0.05, 0) is 40.6 Å². The number of fused-ring (bicyclic) bond motifs is 1. The summed E-state index contributed by atoms with van der Waals surface area (Å²) in [5, 5.41) is 12.9. The molecule has 1 atom stereocenters. The molecule has 1 N–H and O–H groups in total. The van der Waals surface area contributed by atoms with Gasteiger partial charge in [0, 0.05) is 18.3 Å². The van der Waals surface area contributed by atoms with Gasteiger partial charge in [-0.15, -0.1) is 0 Å². The topological polar surface area (TPSA) is 70.5 Å². The van der Waals surface area contributed by atoms with E-state index in [1.807, 2.05) is 18.2 Å². The van der Waals surface area contributed by atoms with Gasteiger partial charge in [-0.2, -0.15) is 13.2 Å². The van der Waals surface area contributed by atoms with Crippen molar-refractivity contribution in [1.29, 1.82) is 0 Å². The Labute approximate surface area is 204 Å². The van der Waals surface area contributed by atoms with Crippen LogP contribution in [-0.4, -0.2) is 26.7 Å². The monoisotopic (exact) mass is 488 g/mol. The van der Waals surface area contributed by atoms with Crippen LogP contribution in [-0.2, 0) is 22.3 Å². The van der Waals surface area contributed by atoms with E-state index in [9.17, 15) is 27.9 Å². The summed E-state index contributed by atoms with van der Waals surface area (Å²) in [7, 11) is 0. The number of ketones is 1. The smallest absolute Gasteiger partial charge is 0.416 e. The maximum atomic E-state index is 13.3. The molecule has 0 radical (unpaired) electrons. The fourth-order valence-corrected chi connectivity index (χ4v) is 4.51. The van der Waals surface area contributed by atoms with Crippen LogP contribution in [0.15, 0.2) is 96.7 Å². The van der Waals surface area contributed by atoms with Crippen molar-refractivity contribution in [2.45, 2.75) is 18.8 Å². The largest absolute Gasteiger partial charge is 0.507 e. The Morgan fingerprint density at radius 3 is 2.39 bits per heavy atom. The van der Waals surface area contributed by atoms with Crippen LogP contribution < -0.4 is 0 Å². The van der Waals surface area contributed by atoms with Crippen LogP contribution in [0.5, 0.6) is 0 Å². The normalized spacial score (nSPS) is 17.6. The minimum atomic E-state index is -4.56. The maximum absolute atomic E-state index is 13.3. The lowest BCUT2D eigenvalue weighted by Crippen LogP contribution is -2.29. The fraction of sp³-hybridized carbons (Fsp3) is 0.107. The number of rotatable bonds is 4. The number of hydrogen-bond donors (Lipinski definition) is 1. The third-order valence-electron chi connectivity index (χ3n) is 6.16. The molecule has 1 aliphatic heterocycles. The average molecular weight is 488 g/mol. The van der Waals surface area contributed by atoms with E-state index >= 15 is 0 Å². The van der Waals surface area contributed by atoms with Crippen molar-refractivity contribution in [2.24, 2.45) is 0 Å². The molecule has 0 saturated carbocycles. The van der Waals surface area contributed by atoms with Crippen LogP contribution in [0.25, 0.3) is 16.5 Å². The predicted molar refractivity (Wildman–Crippen MR) is 127 cm³/mol. The second-order valence-electron chi connectivity index (χ2n) is 8.41. The lowest BCUT2D eigenvalue weighted by molar-refractivity contribution is -0.140. The molecular formula is C28H19F3N2O3. The molecule has 3 aromatic carbocycles. The number of carbonyl (C=O) groups is 2. The first kappa shape index (κ1) is 23.3. The Bertz CT molecular complexity index is 1510. The van der Waals surface area contributed by atoms with Gasteiger partial charge in [-0.25, -0.2) is 0 Å². The Hall–Kier alpha value is -4.46. The maximum Gasteiger partial charge on any atom is 0.416 e. The highest BCUT2D eigenvalue weighted by Gasteiger charge is 2.47. The molecule has 5 nitrogen and oxygen atoms in total.